The fourth-order valence-corrected chi connectivity index (χ4v) is 1.92. The van der Waals surface area contributed by atoms with Gasteiger partial charge in [0.1, 0.15) is 5.75 Å². The van der Waals surface area contributed by atoms with E-state index in [4.69, 9.17) is 16.3 Å². The third-order valence-corrected chi connectivity index (χ3v) is 2.84. The lowest BCUT2D eigenvalue weighted by Crippen LogP contribution is -1.99. The van der Waals surface area contributed by atoms with Gasteiger partial charge in [0, 0.05) is 18.3 Å². The van der Waals surface area contributed by atoms with Crippen LogP contribution in [-0.4, -0.2) is 24.1 Å². The van der Waals surface area contributed by atoms with Crippen molar-refractivity contribution in [3.63, 3.8) is 0 Å². The van der Waals surface area contributed by atoms with Crippen LogP contribution < -0.4 is 10.1 Å². The molecule has 0 unspecified atom stereocenters. The van der Waals surface area contributed by atoms with Crippen LogP contribution in [0.25, 0.3) is 11.3 Å². The summed E-state index contributed by atoms with van der Waals surface area (Å²) in [6.45, 7) is 1.92. The molecule has 0 spiro atoms. The maximum absolute atomic E-state index is 6.23. The lowest BCUT2D eigenvalue weighted by molar-refractivity contribution is 0.415. The van der Waals surface area contributed by atoms with Gasteiger partial charge in [-0.05, 0) is 31.2 Å². The smallest absolute Gasteiger partial charge is 0.223 e. The van der Waals surface area contributed by atoms with Gasteiger partial charge in [-0.1, -0.05) is 11.6 Å². The van der Waals surface area contributed by atoms with Gasteiger partial charge < -0.3 is 10.1 Å². The Hall–Kier alpha value is -1.81. The second-order valence-corrected chi connectivity index (χ2v) is 4.22. The Morgan fingerprint density at radius 1 is 1.22 bits per heavy atom. The Balaban J connectivity index is 2.51. The van der Waals surface area contributed by atoms with Gasteiger partial charge in [0.2, 0.25) is 5.95 Å². The van der Waals surface area contributed by atoms with Gasteiger partial charge in [-0.25, -0.2) is 9.97 Å². The molecule has 4 nitrogen and oxygen atoms in total. The summed E-state index contributed by atoms with van der Waals surface area (Å²) in [6.07, 6.45) is 0. The van der Waals surface area contributed by atoms with Crippen molar-refractivity contribution in [3.05, 3.63) is 35.0 Å². The molecule has 0 fully saturated rings. The second-order valence-electron chi connectivity index (χ2n) is 3.81. The number of nitrogens with one attached hydrogen (secondary N) is 1. The van der Waals surface area contributed by atoms with Gasteiger partial charge in [0.25, 0.3) is 0 Å². The maximum Gasteiger partial charge on any atom is 0.223 e. The molecule has 0 aliphatic rings. The summed E-state index contributed by atoms with van der Waals surface area (Å²) >= 11 is 6.23. The van der Waals surface area contributed by atoms with Gasteiger partial charge in [-0.3, -0.25) is 0 Å². The maximum atomic E-state index is 6.23. The van der Waals surface area contributed by atoms with E-state index in [9.17, 15) is 0 Å². The number of rotatable bonds is 3. The number of methoxy groups -OCH3 is 1. The first kappa shape index (κ1) is 12.6. The molecule has 0 radical (unpaired) electrons. The van der Waals surface area contributed by atoms with E-state index in [2.05, 4.69) is 15.3 Å². The van der Waals surface area contributed by atoms with Crippen molar-refractivity contribution in [1.29, 1.82) is 0 Å². The number of benzene rings is 1. The zero-order valence-electron chi connectivity index (χ0n) is 10.5. The molecular formula is C13H14ClN3O. The fourth-order valence-electron chi connectivity index (χ4n) is 1.65. The van der Waals surface area contributed by atoms with Crippen LogP contribution in [0.4, 0.5) is 5.95 Å². The third kappa shape index (κ3) is 2.54. The Kier molecular flexibility index (Phi) is 3.67. The van der Waals surface area contributed by atoms with Crippen LogP contribution in [0.15, 0.2) is 24.3 Å². The zero-order valence-corrected chi connectivity index (χ0v) is 11.2. The molecule has 5 heteroatoms. The van der Waals surface area contributed by atoms with Crippen LogP contribution in [0, 0.1) is 6.92 Å². The van der Waals surface area contributed by atoms with Gasteiger partial charge in [-0.2, -0.15) is 0 Å². The summed E-state index contributed by atoms with van der Waals surface area (Å²) < 4.78 is 5.12. The third-order valence-electron chi connectivity index (χ3n) is 2.53. The Labute approximate surface area is 111 Å². The van der Waals surface area contributed by atoms with Gasteiger partial charge in [0.15, 0.2) is 0 Å². The summed E-state index contributed by atoms with van der Waals surface area (Å²) in [7, 11) is 3.40. The molecule has 1 aromatic heterocycles. The van der Waals surface area contributed by atoms with Crippen LogP contribution in [0.2, 0.25) is 5.02 Å². The topological polar surface area (TPSA) is 47.0 Å². The number of aromatic nitrogens is 2. The first-order valence-corrected chi connectivity index (χ1v) is 5.89. The van der Waals surface area contributed by atoms with Crippen molar-refractivity contribution < 1.29 is 4.74 Å². The van der Waals surface area contributed by atoms with Crippen LogP contribution in [0.1, 0.15) is 5.69 Å². The number of nitrogens with zero attached hydrogens (tertiary/aromatic N) is 2. The van der Waals surface area contributed by atoms with Crippen molar-refractivity contribution in [2.75, 3.05) is 19.5 Å². The fraction of sp³-hybridized carbons (Fsp3) is 0.231. The van der Waals surface area contributed by atoms with E-state index in [1.54, 1.807) is 20.2 Å². The molecule has 1 aromatic carbocycles. The van der Waals surface area contributed by atoms with Crippen LogP contribution in [0.5, 0.6) is 5.75 Å². The first-order valence-electron chi connectivity index (χ1n) is 5.51. The number of halogens is 1. The Bertz CT molecular complexity index is 572. The van der Waals surface area contributed by atoms with E-state index in [0.717, 1.165) is 22.7 Å². The number of aryl methyl sites for hydroxylation is 1. The predicted octanol–water partition coefficient (Wildman–Crippen LogP) is 3.16. The molecule has 1 N–H and O–H groups in total. The summed E-state index contributed by atoms with van der Waals surface area (Å²) in [5.74, 6) is 1.31. The number of hydrogen-bond acceptors (Lipinski definition) is 4. The van der Waals surface area contributed by atoms with Crippen molar-refractivity contribution in [1.82, 2.24) is 9.97 Å². The molecule has 0 aliphatic carbocycles. The van der Waals surface area contributed by atoms with E-state index >= 15 is 0 Å². The lowest BCUT2D eigenvalue weighted by atomic mass is 10.1. The SMILES string of the molecule is CNc1nc(C)cc(-c2ccc(OC)cc2Cl)n1. The summed E-state index contributed by atoms with van der Waals surface area (Å²) in [4.78, 5) is 8.64. The molecule has 2 rings (SSSR count). The van der Waals surface area contributed by atoms with Gasteiger partial charge >= 0.3 is 0 Å². The van der Waals surface area contributed by atoms with Crippen molar-refractivity contribution in [2.45, 2.75) is 6.92 Å². The largest absolute Gasteiger partial charge is 0.497 e. The molecule has 0 saturated heterocycles. The van der Waals surface area contributed by atoms with E-state index in [0.29, 0.717) is 11.0 Å². The van der Waals surface area contributed by atoms with Crippen LogP contribution in [0.3, 0.4) is 0 Å². The van der Waals surface area contributed by atoms with Gasteiger partial charge in [-0.15, -0.1) is 0 Å². The normalized spacial score (nSPS) is 10.2. The highest BCUT2D eigenvalue weighted by molar-refractivity contribution is 6.33. The highest BCUT2D eigenvalue weighted by atomic mass is 35.5. The minimum atomic E-state index is 0.580. The summed E-state index contributed by atoms with van der Waals surface area (Å²) in [6, 6.07) is 7.42. The Morgan fingerprint density at radius 3 is 2.61 bits per heavy atom. The van der Waals surface area contributed by atoms with Crippen molar-refractivity contribution in [2.24, 2.45) is 0 Å². The van der Waals surface area contributed by atoms with E-state index in [1.165, 1.54) is 0 Å². The molecule has 0 bridgehead atoms. The molecule has 18 heavy (non-hydrogen) atoms. The molecule has 1 heterocycles. The minimum absolute atomic E-state index is 0.580. The van der Waals surface area contributed by atoms with Crippen LogP contribution in [-0.2, 0) is 0 Å². The molecule has 0 aliphatic heterocycles. The predicted molar refractivity (Wildman–Crippen MR) is 73.3 cm³/mol. The Morgan fingerprint density at radius 2 is 2.00 bits per heavy atom. The quantitative estimate of drug-likeness (QED) is 0.924. The van der Waals surface area contributed by atoms with Gasteiger partial charge in [0.05, 0.1) is 17.8 Å². The molecule has 94 valence electrons. The standard InChI is InChI=1S/C13H14ClN3O/c1-8-6-12(17-13(15-2)16-8)10-5-4-9(18-3)7-11(10)14/h4-7H,1-3H3,(H,15,16,17). The number of hydrogen-bond donors (Lipinski definition) is 1. The molecule has 0 amide bonds. The highest BCUT2D eigenvalue weighted by Crippen LogP contribution is 2.30. The van der Waals surface area contributed by atoms with E-state index in [1.807, 2.05) is 25.1 Å². The second kappa shape index (κ2) is 5.23. The minimum Gasteiger partial charge on any atom is -0.497 e. The highest BCUT2D eigenvalue weighted by Gasteiger charge is 2.08. The molecule has 2 aromatic rings. The summed E-state index contributed by atoms with van der Waals surface area (Å²) in [5, 5.41) is 3.54. The van der Waals surface area contributed by atoms with E-state index < -0.39 is 0 Å². The first-order chi connectivity index (χ1) is 8.63. The lowest BCUT2D eigenvalue weighted by Gasteiger charge is -2.08. The summed E-state index contributed by atoms with van der Waals surface area (Å²) in [5.41, 5.74) is 2.54. The van der Waals surface area contributed by atoms with Crippen molar-refractivity contribution >= 4 is 17.5 Å². The average Bonchev–Trinajstić information content (AvgIpc) is 2.37. The van der Waals surface area contributed by atoms with E-state index in [-0.39, 0.29) is 0 Å². The molecule has 0 atom stereocenters. The average molecular weight is 264 g/mol. The zero-order chi connectivity index (χ0) is 13.1. The number of ether oxygens (including phenoxy) is 1. The molecular weight excluding hydrogens is 250 g/mol. The monoisotopic (exact) mass is 263 g/mol. The van der Waals surface area contributed by atoms with Crippen LogP contribution >= 0.6 is 11.6 Å². The van der Waals surface area contributed by atoms with Crippen molar-refractivity contribution in [3.8, 4) is 17.0 Å². The number of anilines is 1. The molecule has 0 saturated carbocycles.